The van der Waals surface area contributed by atoms with Crippen molar-refractivity contribution in [1.82, 2.24) is 20.2 Å². The van der Waals surface area contributed by atoms with Gasteiger partial charge in [-0.25, -0.2) is 18.2 Å². The third-order valence-electron chi connectivity index (χ3n) is 4.23. The number of aromatic nitrogens is 2. The second-order valence-electron chi connectivity index (χ2n) is 6.90. The molecule has 0 spiro atoms. The predicted molar refractivity (Wildman–Crippen MR) is 96.2 cm³/mol. The van der Waals surface area contributed by atoms with Crippen LogP contribution in [0.1, 0.15) is 37.8 Å². The number of unbranched alkanes of at least 4 members (excludes halogenated alkanes) is 2. The van der Waals surface area contributed by atoms with Gasteiger partial charge < -0.3 is 14.6 Å². The summed E-state index contributed by atoms with van der Waals surface area (Å²) >= 11 is 0. The minimum absolute atomic E-state index is 0.0213. The lowest BCUT2D eigenvalue weighted by Gasteiger charge is -2.13. The molecule has 1 aromatic rings. The maximum Gasteiger partial charge on any atom is 0.422 e. The lowest BCUT2D eigenvalue weighted by Crippen LogP contribution is -2.29. The first-order chi connectivity index (χ1) is 13.5. The number of carbonyl (C=O) groups excluding carboxylic acids is 2. The fourth-order valence-corrected chi connectivity index (χ4v) is 4.56. The zero-order chi connectivity index (χ0) is 21.7. The van der Waals surface area contributed by atoms with Gasteiger partial charge in [-0.1, -0.05) is 13.3 Å². The molecule has 0 aromatic carbocycles. The van der Waals surface area contributed by atoms with Gasteiger partial charge in [-0.05, 0) is 12.8 Å². The van der Waals surface area contributed by atoms with E-state index < -0.39 is 34.6 Å². The van der Waals surface area contributed by atoms with Crippen LogP contribution in [-0.2, 0) is 14.6 Å². The van der Waals surface area contributed by atoms with E-state index in [0.717, 1.165) is 0 Å². The van der Waals surface area contributed by atoms with E-state index in [1.165, 1.54) is 11.1 Å². The van der Waals surface area contributed by atoms with Gasteiger partial charge >= 0.3 is 12.2 Å². The second kappa shape index (κ2) is 9.46. The molecular formula is C16H23F3N4O5S. The Hall–Kier alpha value is -2.31. The van der Waals surface area contributed by atoms with Crippen LogP contribution in [0.4, 0.5) is 18.0 Å². The van der Waals surface area contributed by atoms with Crippen LogP contribution in [0.25, 0.3) is 0 Å². The number of nitrogens with zero attached hydrogens (tertiary/aromatic N) is 2. The Kier molecular flexibility index (Phi) is 7.49. The van der Waals surface area contributed by atoms with Crippen molar-refractivity contribution < 1.29 is 35.9 Å². The number of H-pyrrole nitrogens is 1. The molecule has 1 saturated heterocycles. The van der Waals surface area contributed by atoms with Crippen LogP contribution in [0, 0.1) is 0 Å². The normalized spacial score (nSPS) is 16.2. The molecule has 0 saturated carbocycles. The predicted octanol–water partition coefficient (Wildman–Crippen LogP) is 1.59. The van der Waals surface area contributed by atoms with Crippen molar-refractivity contribution in [2.45, 2.75) is 38.3 Å². The number of urea groups is 1. The molecule has 2 N–H and O–H groups in total. The molecule has 2 rings (SSSR count). The average Bonchev–Trinajstić information content (AvgIpc) is 3.18. The summed E-state index contributed by atoms with van der Waals surface area (Å²) in [6, 6.07) is -0.749. The summed E-state index contributed by atoms with van der Waals surface area (Å²) in [4.78, 5) is 30.0. The van der Waals surface area contributed by atoms with E-state index in [9.17, 15) is 31.2 Å². The summed E-state index contributed by atoms with van der Waals surface area (Å²) in [5.74, 6) is -1.07. The number of hydrogen-bond donors (Lipinski definition) is 2. The second-order valence-corrected chi connectivity index (χ2v) is 9.13. The first-order valence-electron chi connectivity index (χ1n) is 8.99. The number of alkyl halides is 3. The molecule has 164 valence electrons. The summed E-state index contributed by atoms with van der Waals surface area (Å²) in [5, 5.41) is 2.17. The Morgan fingerprint density at radius 3 is 2.62 bits per heavy atom. The van der Waals surface area contributed by atoms with Crippen molar-refractivity contribution in [3.63, 3.8) is 0 Å². The van der Waals surface area contributed by atoms with Crippen LogP contribution >= 0.6 is 0 Å². The van der Waals surface area contributed by atoms with Crippen LogP contribution in [0.3, 0.4) is 0 Å². The number of amides is 3. The standard InChI is InChI=1S/C16H23F3N4O5S/c1-11(12-7-20-14(21-12)28-10-16(17,18)19)9-29(26,27)6-4-2-3-5-23-8-13(24)22-15(23)25/h7,11H,2-6,8-10H2,1H3,(H,20,21)(H,22,24,25). The number of carbonyl (C=O) groups is 2. The van der Waals surface area contributed by atoms with Gasteiger partial charge in [0, 0.05) is 18.2 Å². The first-order valence-corrected chi connectivity index (χ1v) is 10.8. The van der Waals surface area contributed by atoms with Crippen LogP contribution < -0.4 is 10.1 Å². The maximum absolute atomic E-state index is 12.3. The summed E-state index contributed by atoms with van der Waals surface area (Å²) in [6.45, 7) is 0.540. The number of halogens is 3. The van der Waals surface area contributed by atoms with E-state index in [4.69, 9.17) is 0 Å². The number of aromatic amines is 1. The minimum atomic E-state index is -4.49. The van der Waals surface area contributed by atoms with Crippen molar-refractivity contribution >= 4 is 21.8 Å². The molecule has 3 amide bonds. The first kappa shape index (κ1) is 23.0. The van der Waals surface area contributed by atoms with Crippen LogP contribution in [0.5, 0.6) is 6.01 Å². The fraction of sp³-hybridized carbons (Fsp3) is 0.688. The van der Waals surface area contributed by atoms with E-state index in [0.29, 0.717) is 31.5 Å². The summed E-state index contributed by atoms with van der Waals surface area (Å²) in [7, 11) is -3.39. The van der Waals surface area contributed by atoms with Crippen molar-refractivity contribution in [2.75, 3.05) is 31.2 Å². The molecule has 0 bridgehead atoms. The molecule has 29 heavy (non-hydrogen) atoms. The van der Waals surface area contributed by atoms with E-state index in [-0.39, 0.29) is 30.0 Å². The van der Waals surface area contributed by atoms with Crippen molar-refractivity contribution in [3.8, 4) is 6.01 Å². The number of imidazole rings is 1. The number of hydrogen-bond acceptors (Lipinski definition) is 6. The minimum Gasteiger partial charge on any atom is -0.455 e. The lowest BCUT2D eigenvalue weighted by atomic mass is 10.1. The molecule has 1 aliphatic heterocycles. The fourth-order valence-electron chi connectivity index (χ4n) is 2.81. The monoisotopic (exact) mass is 440 g/mol. The Labute approximate surface area is 165 Å². The highest BCUT2D eigenvalue weighted by Gasteiger charge is 2.29. The summed E-state index contributed by atoms with van der Waals surface area (Å²) in [6.07, 6.45) is -1.68. The molecular weight excluding hydrogens is 417 g/mol. The Morgan fingerprint density at radius 1 is 1.28 bits per heavy atom. The lowest BCUT2D eigenvalue weighted by molar-refractivity contribution is -0.154. The van der Waals surface area contributed by atoms with Crippen LogP contribution in [0.2, 0.25) is 0 Å². The number of rotatable bonds is 11. The average molecular weight is 440 g/mol. The van der Waals surface area contributed by atoms with Crippen molar-refractivity contribution in [2.24, 2.45) is 0 Å². The molecule has 9 nitrogen and oxygen atoms in total. The number of nitrogens with one attached hydrogen (secondary N) is 2. The number of ether oxygens (including phenoxy) is 1. The van der Waals surface area contributed by atoms with Gasteiger partial charge in [-0.2, -0.15) is 13.2 Å². The quantitative estimate of drug-likeness (QED) is 0.398. The number of imide groups is 1. The highest BCUT2D eigenvalue weighted by molar-refractivity contribution is 7.91. The summed E-state index contributed by atoms with van der Waals surface area (Å²) < 4.78 is 65.4. The number of sulfone groups is 1. The molecule has 2 heterocycles. The topological polar surface area (TPSA) is 121 Å². The molecule has 0 radical (unpaired) electrons. The van der Waals surface area contributed by atoms with Crippen molar-refractivity contribution in [1.29, 1.82) is 0 Å². The van der Waals surface area contributed by atoms with Gasteiger partial charge in [0.15, 0.2) is 16.4 Å². The van der Waals surface area contributed by atoms with Gasteiger partial charge in [0.1, 0.15) is 6.54 Å². The molecule has 1 aromatic heterocycles. The van der Waals surface area contributed by atoms with Gasteiger partial charge in [-0.15, -0.1) is 0 Å². The Balaban J connectivity index is 1.71. The van der Waals surface area contributed by atoms with Crippen LogP contribution in [0.15, 0.2) is 6.20 Å². The zero-order valence-electron chi connectivity index (χ0n) is 15.8. The molecule has 1 unspecified atom stereocenters. The zero-order valence-corrected chi connectivity index (χ0v) is 16.6. The SMILES string of the molecule is CC(CS(=O)(=O)CCCCCN1CC(=O)NC1=O)c1cnc(OCC(F)(F)F)[nH]1. The molecule has 1 atom stereocenters. The third kappa shape index (κ3) is 7.91. The Morgan fingerprint density at radius 2 is 2.00 bits per heavy atom. The maximum atomic E-state index is 12.3. The largest absolute Gasteiger partial charge is 0.455 e. The van der Waals surface area contributed by atoms with Crippen molar-refractivity contribution in [3.05, 3.63) is 11.9 Å². The van der Waals surface area contributed by atoms with Gasteiger partial charge in [0.05, 0.1) is 17.7 Å². The van der Waals surface area contributed by atoms with Gasteiger partial charge in [-0.3, -0.25) is 10.1 Å². The smallest absolute Gasteiger partial charge is 0.422 e. The van der Waals surface area contributed by atoms with Gasteiger partial charge in [0.25, 0.3) is 6.01 Å². The molecule has 1 fully saturated rings. The highest BCUT2D eigenvalue weighted by atomic mass is 32.2. The Bertz CT molecular complexity index is 825. The summed E-state index contributed by atoms with van der Waals surface area (Å²) in [5.41, 5.74) is 0.371. The highest BCUT2D eigenvalue weighted by Crippen LogP contribution is 2.21. The van der Waals surface area contributed by atoms with E-state index in [1.807, 2.05) is 0 Å². The molecule has 13 heteroatoms. The van der Waals surface area contributed by atoms with Crippen LogP contribution in [-0.4, -0.2) is 72.6 Å². The van der Waals surface area contributed by atoms with E-state index >= 15 is 0 Å². The third-order valence-corrected chi connectivity index (χ3v) is 6.15. The van der Waals surface area contributed by atoms with E-state index in [2.05, 4.69) is 20.0 Å². The molecule has 0 aliphatic carbocycles. The van der Waals surface area contributed by atoms with Gasteiger partial charge in [0.2, 0.25) is 5.91 Å². The van der Waals surface area contributed by atoms with E-state index in [1.54, 1.807) is 6.92 Å². The molecule has 1 aliphatic rings.